The fourth-order valence-electron chi connectivity index (χ4n) is 3.25. The fourth-order valence-corrected chi connectivity index (χ4v) is 4.08. The first kappa shape index (κ1) is 27.1. The van der Waals surface area contributed by atoms with Crippen LogP contribution in [0.2, 0.25) is 0 Å². The molecule has 0 aliphatic heterocycles. The molecule has 4 nitrogen and oxygen atoms in total. The molecule has 0 aliphatic carbocycles. The summed E-state index contributed by atoms with van der Waals surface area (Å²) in [5.74, 6) is 0.707. The van der Waals surface area contributed by atoms with E-state index >= 15 is 0 Å². The number of esters is 1. The third-order valence-electron chi connectivity index (χ3n) is 5.05. The molecule has 0 fully saturated rings. The molecular weight excluding hydrogens is 380 g/mol. The lowest BCUT2D eigenvalue weighted by Crippen LogP contribution is -2.36. The van der Waals surface area contributed by atoms with Gasteiger partial charge in [0.05, 0.1) is 12.2 Å². The van der Waals surface area contributed by atoms with Gasteiger partial charge < -0.3 is 14.6 Å². The van der Waals surface area contributed by atoms with Crippen molar-refractivity contribution < 1.29 is 19.4 Å². The first-order chi connectivity index (χ1) is 12.7. The lowest BCUT2D eigenvalue weighted by molar-refractivity contribution is -0.160. The van der Waals surface area contributed by atoms with Gasteiger partial charge in [-0.05, 0) is 58.1 Å². The molecule has 0 amide bonds. The van der Waals surface area contributed by atoms with Crippen LogP contribution in [0.25, 0.3) is 0 Å². The Morgan fingerprint density at radius 2 is 1.81 bits per heavy atom. The minimum Gasteiger partial charge on any atom is -0.460 e. The zero-order valence-electron chi connectivity index (χ0n) is 17.8. The van der Waals surface area contributed by atoms with Crippen LogP contribution in [0.1, 0.15) is 91.9 Å². The quantitative estimate of drug-likeness (QED) is 0.171. The van der Waals surface area contributed by atoms with Gasteiger partial charge >= 0.3 is 5.97 Å². The number of carbonyl (C=O) groups excluding carboxylic acids is 1. The highest BCUT2D eigenvalue weighted by Gasteiger charge is 2.29. The lowest BCUT2D eigenvalue weighted by Gasteiger charge is -2.34. The third kappa shape index (κ3) is 13.0. The largest absolute Gasteiger partial charge is 0.460 e. The standard InChI is InChI=1S/C21H42O4S2/c1-5-12-21(6-2,13-15-22)24-16-14-20(3,4)25-19(23)10-8-7-9-18(27)11-17-26/h18,22,26-27H,5-17H2,1-4H3. The molecule has 2 unspecified atom stereocenters. The summed E-state index contributed by atoms with van der Waals surface area (Å²) >= 11 is 8.72. The predicted octanol–water partition coefficient (Wildman–Crippen LogP) is 5.22. The van der Waals surface area contributed by atoms with E-state index in [9.17, 15) is 9.90 Å². The van der Waals surface area contributed by atoms with Gasteiger partial charge in [0.25, 0.3) is 0 Å². The molecule has 0 aromatic rings. The summed E-state index contributed by atoms with van der Waals surface area (Å²) in [4.78, 5) is 12.1. The molecule has 1 N–H and O–H groups in total. The van der Waals surface area contributed by atoms with E-state index in [1.165, 1.54) is 0 Å². The Labute approximate surface area is 178 Å². The second-order valence-electron chi connectivity index (χ2n) is 8.00. The number of hydrogen-bond acceptors (Lipinski definition) is 6. The van der Waals surface area contributed by atoms with Crippen LogP contribution in [-0.2, 0) is 14.3 Å². The molecule has 0 heterocycles. The van der Waals surface area contributed by atoms with E-state index in [1.54, 1.807) is 0 Å². The Hall–Kier alpha value is 0.0900. The van der Waals surface area contributed by atoms with Crippen LogP contribution in [0.3, 0.4) is 0 Å². The number of unbranched alkanes of at least 4 members (excludes halogenated alkanes) is 1. The molecule has 0 aliphatic rings. The van der Waals surface area contributed by atoms with Gasteiger partial charge in [0, 0.05) is 24.7 Å². The van der Waals surface area contributed by atoms with Gasteiger partial charge in [0.15, 0.2) is 0 Å². The van der Waals surface area contributed by atoms with Crippen molar-refractivity contribution in [3.8, 4) is 0 Å². The first-order valence-corrected chi connectivity index (χ1v) is 11.6. The molecular formula is C21H42O4S2. The Bertz CT molecular complexity index is 382. The summed E-state index contributed by atoms with van der Waals surface area (Å²) in [7, 11) is 0. The average Bonchev–Trinajstić information content (AvgIpc) is 2.58. The van der Waals surface area contributed by atoms with Gasteiger partial charge in [0.1, 0.15) is 5.60 Å². The van der Waals surface area contributed by atoms with Crippen molar-refractivity contribution in [3.05, 3.63) is 0 Å². The SMILES string of the molecule is CCCC(CC)(CCO)OCCC(C)(C)OC(=O)CCCCC(S)CCS. The molecule has 0 aromatic carbocycles. The van der Waals surface area contributed by atoms with Crippen LogP contribution in [-0.4, -0.2) is 46.5 Å². The molecule has 0 bridgehead atoms. The number of thiol groups is 2. The normalized spacial score (nSPS) is 15.4. The lowest BCUT2D eigenvalue weighted by atomic mass is 9.91. The van der Waals surface area contributed by atoms with E-state index in [-0.39, 0.29) is 18.2 Å². The average molecular weight is 423 g/mol. The van der Waals surface area contributed by atoms with Crippen LogP contribution in [0, 0.1) is 0 Å². The van der Waals surface area contributed by atoms with Crippen molar-refractivity contribution in [1.29, 1.82) is 0 Å². The molecule has 162 valence electrons. The fraction of sp³-hybridized carbons (Fsp3) is 0.952. The van der Waals surface area contributed by atoms with Gasteiger partial charge in [-0.2, -0.15) is 25.3 Å². The smallest absolute Gasteiger partial charge is 0.306 e. The second-order valence-corrected chi connectivity index (χ2v) is 9.18. The van der Waals surface area contributed by atoms with Gasteiger partial charge in [-0.3, -0.25) is 4.79 Å². The summed E-state index contributed by atoms with van der Waals surface area (Å²) < 4.78 is 11.8. The van der Waals surface area contributed by atoms with Crippen molar-refractivity contribution in [2.24, 2.45) is 0 Å². The first-order valence-electron chi connectivity index (χ1n) is 10.5. The Balaban J connectivity index is 4.21. The number of ether oxygens (including phenoxy) is 2. The van der Waals surface area contributed by atoms with Crippen molar-refractivity contribution >= 4 is 31.2 Å². The Kier molecular flexibility index (Phi) is 15.0. The molecule has 27 heavy (non-hydrogen) atoms. The number of aliphatic hydroxyl groups is 1. The van der Waals surface area contributed by atoms with Crippen molar-refractivity contribution in [1.82, 2.24) is 0 Å². The van der Waals surface area contributed by atoms with E-state index < -0.39 is 5.60 Å². The van der Waals surface area contributed by atoms with Crippen LogP contribution in [0.15, 0.2) is 0 Å². The Morgan fingerprint density at radius 3 is 2.37 bits per heavy atom. The summed E-state index contributed by atoms with van der Waals surface area (Å²) in [5, 5.41) is 9.72. The minimum atomic E-state index is -0.542. The molecule has 0 saturated heterocycles. The summed E-state index contributed by atoms with van der Waals surface area (Å²) in [5.41, 5.74) is -0.805. The highest BCUT2D eigenvalue weighted by Crippen LogP contribution is 2.28. The van der Waals surface area contributed by atoms with Crippen LogP contribution in [0.5, 0.6) is 0 Å². The van der Waals surface area contributed by atoms with Gasteiger partial charge in [-0.15, -0.1) is 0 Å². The molecule has 0 aromatic heterocycles. The molecule has 0 radical (unpaired) electrons. The van der Waals surface area contributed by atoms with Gasteiger partial charge in [-0.1, -0.05) is 26.7 Å². The summed E-state index contributed by atoms with van der Waals surface area (Å²) in [6, 6.07) is 0. The maximum absolute atomic E-state index is 12.1. The molecule has 0 saturated carbocycles. The van der Waals surface area contributed by atoms with Crippen molar-refractivity contribution in [2.45, 2.75) is 108 Å². The maximum atomic E-state index is 12.1. The van der Waals surface area contributed by atoms with Crippen LogP contribution >= 0.6 is 25.3 Å². The highest BCUT2D eigenvalue weighted by molar-refractivity contribution is 7.81. The predicted molar refractivity (Wildman–Crippen MR) is 120 cm³/mol. The third-order valence-corrected chi connectivity index (χ3v) is 5.83. The molecule has 0 spiro atoms. The minimum absolute atomic E-state index is 0.132. The summed E-state index contributed by atoms with van der Waals surface area (Å²) in [6.45, 7) is 8.76. The number of rotatable bonds is 17. The topological polar surface area (TPSA) is 55.8 Å². The number of aliphatic hydroxyl groups excluding tert-OH is 1. The van der Waals surface area contributed by atoms with E-state index in [0.717, 1.165) is 50.7 Å². The van der Waals surface area contributed by atoms with E-state index in [4.69, 9.17) is 9.47 Å². The number of carbonyl (C=O) groups is 1. The van der Waals surface area contributed by atoms with Gasteiger partial charge in [-0.25, -0.2) is 0 Å². The highest BCUT2D eigenvalue weighted by atomic mass is 32.1. The zero-order chi connectivity index (χ0) is 20.8. The van der Waals surface area contributed by atoms with Crippen molar-refractivity contribution in [3.63, 3.8) is 0 Å². The Morgan fingerprint density at radius 1 is 1.11 bits per heavy atom. The monoisotopic (exact) mass is 422 g/mol. The van der Waals surface area contributed by atoms with E-state index in [0.29, 0.717) is 31.1 Å². The summed E-state index contributed by atoms with van der Waals surface area (Å²) in [6.07, 6.45) is 8.40. The molecule has 0 rings (SSSR count). The zero-order valence-corrected chi connectivity index (χ0v) is 19.6. The molecule has 2 atom stereocenters. The van der Waals surface area contributed by atoms with Crippen molar-refractivity contribution in [2.75, 3.05) is 19.0 Å². The maximum Gasteiger partial charge on any atom is 0.306 e. The van der Waals surface area contributed by atoms with Gasteiger partial charge in [0.2, 0.25) is 0 Å². The van der Waals surface area contributed by atoms with E-state index in [2.05, 4.69) is 39.1 Å². The van der Waals surface area contributed by atoms with E-state index in [1.807, 2.05) is 13.8 Å². The van der Waals surface area contributed by atoms with Crippen LogP contribution in [0.4, 0.5) is 0 Å². The van der Waals surface area contributed by atoms with Crippen LogP contribution < -0.4 is 0 Å². The second kappa shape index (κ2) is 15.0. The molecule has 6 heteroatoms. The number of hydrogen-bond donors (Lipinski definition) is 3.